The summed E-state index contributed by atoms with van der Waals surface area (Å²) in [6, 6.07) is 27.9. The zero-order valence-electron chi connectivity index (χ0n) is 18.0. The van der Waals surface area contributed by atoms with Crippen LogP contribution >= 0.6 is 0 Å². The molecule has 3 aromatic carbocycles. The van der Waals surface area contributed by atoms with Crippen LogP contribution in [0.4, 0.5) is 10.5 Å². The summed E-state index contributed by atoms with van der Waals surface area (Å²) in [4.78, 5) is 17.5. The highest BCUT2D eigenvalue weighted by atomic mass is 16.2. The highest BCUT2D eigenvalue weighted by molar-refractivity contribution is 5.90. The number of hydrogen-bond acceptors (Lipinski definition) is 2. The van der Waals surface area contributed by atoms with E-state index in [2.05, 4.69) is 65.7 Å². The molecule has 0 aromatic heterocycles. The number of nitrogens with zero attached hydrogens (tertiary/aromatic N) is 2. The van der Waals surface area contributed by atoms with Crippen molar-refractivity contribution in [3.8, 4) is 11.1 Å². The van der Waals surface area contributed by atoms with Crippen molar-refractivity contribution in [2.45, 2.75) is 31.8 Å². The Morgan fingerprint density at radius 3 is 2.29 bits per heavy atom. The molecular weight excluding hydrogens is 382 g/mol. The van der Waals surface area contributed by atoms with Crippen molar-refractivity contribution in [1.82, 2.24) is 9.80 Å². The molecule has 2 aliphatic heterocycles. The summed E-state index contributed by atoms with van der Waals surface area (Å²) in [5, 5.41) is 3.10. The number of likely N-dealkylation sites (tertiary alicyclic amines) is 2. The molecule has 2 amide bonds. The van der Waals surface area contributed by atoms with Crippen molar-refractivity contribution in [3.63, 3.8) is 0 Å². The molecule has 158 valence electrons. The van der Waals surface area contributed by atoms with Crippen LogP contribution in [0, 0.1) is 6.92 Å². The number of carbonyl (C=O) groups is 1. The number of fused-ring (bicyclic) bond motifs is 2. The van der Waals surface area contributed by atoms with Gasteiger partial charge in [0.1, 0.15) is 0 Å². The van der Waals surface area contributed by atoms with Crippen LogP contribution in [0.2, 0.25) is 0 Å². The first kappa shape index (κ1) is 19.8. The van der Waals surface area contributed by atoms with Gasteiger partial charge in [-0.2, -0.15) is 0 Å². The number of carbonyl (C=O) groups excluding carboxylic acids is 1. The first-order valence-electron chi connectivity index (χ1n) is 11.2. The van der Waals surface area contributed by atoms with Crippen LogP contribution in [0.3, 0.4) is 0 Å². The van der Waals surface area contributed by atoms with Gasteiger partial charge in [0.05, 0.1) is 0 Å². The molecule has 2 bridgehead atoms. The molecule has 2 saturated heterocycles. The van der Waals surface area contributed by atoms with E-state index in [0.29, 0.717) is 12.1 Å². The Morgan fingerprint density at radius 1 is 0.871 bits per heavy atom. The van der Waals surface area contributed by atoms with Crippen LogP contribution in [0.15, 0.2) is 78.9 Å². The highest BCUT2D eigenvalue weighted by Crippen LogP contribution is 2.31. The van der Waals surface area contributed by atoms with Gasteiger partial charge in [-0.15, -0.1) is 0 Å². The monoisotopic (exact) mass is 411 g/mol. The quantitative estimate of drug-likeness (QED) is 0.627. The van der Waals surface area contributed by atoms with E-state index in [1.807, 2.05) is 35.2 Å². The standard InChI is InChI=1S/C27H29N3O/c1-20-7-5-6-8-21(20)15-16-29-18-26-17-25(29)19-30(26)27(31)28-24-13-11-23(12-14-24)22-9-3-2-4-10-22/h2-14,25-26H,15-19H2,1H3,(H,28,31). The molecule has 0 aliphatic carbocycles. The molecule has 2 heterocycles. The van der Waals surface area contributed by atoms with Gasteiger partial charge in [-0.25, -0.2) is 4.79 Å². The lowest BCUT2D eigenvalue weighted by Gasteiger charge is -2.34. The maximum absolute atomic E-state index is 12.9. The van der Waals surface area contributed by atoms with Gasteiger partial charge >= 0.3 is 6.03 Å². The van der Waals surface area contributed by atoms with Crippen molar-refractivity contribution in [3.05, 3.63) is 90.0 Å². The van der Waals surface area contributed by atoms with E-state index in [9.17, 15) is 4.79 Å². The van der Waals surface area contributed by atoms with Crippen LogP contribution in [0.25, 0.3) is 11.1 Å². The van der Waals surface area contributed by atoms with E-state index in [4.69, 9.17) is 0 Å². The topological polar surface area (TPSA) is 35.6 Å². The summed E-state index contributed by atoms with van der Waals surface area (Å²) in [5.74, 6) is 0. The minimum atomic E-state index is 0.0264. The molecule has 2 atom stereocenters. The van der Waals surface area contributed by atoms with Crippen LogP contribution < -0.4 is 5.32 Å². The van der Waals surface area contributed by atoms with Crippen LogP contribution in [0.5, 0.6) is 0 Å². The van der Waals surface area contributed by atoms with E-state index in [0.717, 1.165) is 43.7 Å². The lowest BCUT2D eigenvalue weighted by Crippen LogP contribution is -2.50. The Morgan fingerprint density at radius 2 is 1.58 bits per heavy atom. The zero-order chi connectivity index (χ0) is 21.2. The first-order chi connectivity index (χ1) is 15.2. The maximum atomic E-state index is 12.9. The Labute approximate surface area is 184 Å². The number of amides is 2. The summed E-state index contributed by atoms with van der Waals surface area (Å²) < 4.78 is 0. The number of urea groups is 1. The molecule has 5 rings (SSSR count). The number of nitrogens with one attached hydrogen (secondary N) is 1. The van der Waals surface area contributed by atoms with E-state index in [1.54, 1.807) is 0 Å². The fourth-order valence-corrected chi connectivity index (χ4v) is 5.00. The Hall–Kier alpha value is -3.11. The largest absolute Gasteiger partial charge is 0.322 e. The Balaban J connectivity index is 1.15. The number of piperazine rings is 1. The maximum Gasteiger partial charge on any atom is 0.322 e. The van der Waals surface area contributed by atoms with Crippen molar-refractivity contribution in [1.29, 1.82) is 0 Å². The summed E-state index contributed by atoms with van der Waals surface area (Å²) in [7, 11) is 0. The molecular formula is C27H29N3O. The molecule has 4 nitrogen and oxygen atoms in total. The number of anilines is 1. The van der Waals surface area contributed by atoms with Crippen LogP contribution in [0.1, 0.15) is 17.5 Å². The van der Waals surface area contributed by atoms with E-state index in [-0.39, 0.29) is 6.03 Å². The minimum absolute atomic E-state index is 0.0264. The number of aryl methyl sites for hydroxylation is 1. The van der Waals surface area contributed by atoms with Gasteiger partial charge in [-0.1, -0.05) is 66.7 Å². The van der Waals surface area contributed by atoms with Gasteiger partial charge < -0.3 is 10.2 Å². The van der Waals surface area contributed by atoms with Crippen molar-refractivity contribution in [2.75, 3.05) is 25.0 Å². The second kappa shape index (κ2) is 8.56. The molecule has 2 aliphatic rings. The zero-order valence-corrected chi connectivity index (χ0v) is 18.0. The fourth-order valence-electron chi connectivity index (χ4n) is 5.00. The van der Waals surface area contributed by atoms with E-state index in [1.165, 1.54) is 16.7 Å². The third-order valence-corrected chi connectivity index (χ3v) is 6.79. The molecule has 1 N–H and O–H groups in total. The molecule has 0 spiro atoms. The van der Waals surface area contributed by atoms with Crippen molar-refractivity contribution >= 4 is 11.7 Å². The third kappa shape index (κ3) is 4.21. The van der Waals surface area contributed by atoms with Gasteiger partial charge in [0, 0.05) is 37.4 Å². The van der Waals surface area contributed by atoms with Crippen LogP contribution in [-0.4, -0.2) is 47.5 Å². The fraction of sp³-hybridized carbons (Fsp3) is 0.296. The van der Waals surface area contributed by atoms with Gasteiger partial charge in [0.25, 0.3) is 0 Å². The highest BCUT2D eigenvalue weighted by Gasteiger charge is 2.44. The van der Waals surface area contributed by atoms with E-state index >= 15 is 0 Å². The normalized spacial score (nSPS) is 20.2. The van der Waals surface area contributed by atoms with Gasteiger partial charge in [-0.05, 0) is 54.2 Å². The predicted molar refractivity (Wildman–Crippen MR) is 126 cm³/mol. The minimum Gasteiger partial charge on any atom is -0.319 e. The third-order valence-electron chi connectivity index (χ3n) is 6.79. The molecule has 31 heavy (non-hydrogen) atoms. The summed E-state index contributed by atoms with van der Waals surface area (Å²) in [5.41, 5.74) is 5.99. The number of benzene rings is 3. The average molecular weight is 412 g/mol. The number of hydrogen-bond donors (Lipinski definition) is 1. The first-order valence-corrected chi connectivity index (χ1v) is 11.2. The summed E-state index contributed by atoms with van der Waals surface area (Å²) >= 11 is 0. The molecule has 0 radical (unpaired) electrons. The second-order valence-corrected chi connectivity index (χ2v) is 8.74. The molecule has 4 heteroatoms. The van der Waals surface area contributed by atoms with Crippen molar-refractivity contribution < 1.29 is 4.79 Å². The van der Waals surface area contributed by atoms with E-state index < -0.39 is 0 Å². The molecule has 2 fully saturated rings. The lowest BCUT2D eigenvalue weighted by atomic mass is 10.1. The Kier molecular flexibility index (Phi) is 5.47. The number of rotatable bonds is 5. The average Bonchev–Trinajstić information content (AvgIpc) is 3.40. The molecule has 3 aromatic rings. The summed E-state index contributed by atoms with van der Waals surface area (Å²) in [6.07, 6.45) is 2.17. The lowest BCUT2D eigenvalue weighted by molar-refractivity contribution is 0.145. The molecule has 0 saturated carbocycles. The van der Waals surface area contributed by atoms with Crippen LogP contribution in [-0.2, 0) is 6.42 Å². The van der Waals surface area contributed by atoms with Gasteiger partial charge in [-0.3, -0.25) is 4.90 Å². The van der Waals surface area contributed by atoms with Gasteiger partial charge in [0.15, 0.2) is 0 Å². The Bertz CT molecular complexity index is 1050. The SMILES string of the molecule is Cc1ccccc1CCN1CC2CC1CN2C(=O)Nc1ccc(-c2ccccc2)cc1. The smallest absolute Gasteiger partial charge is 0.319 e. The van der Waals surface area contributed by atoms with Gasteiger partial charge in [0.2, 0.25) is 0 Å². The predicted octanol–water partition coefficient (Wildman–Crippen LogP) is 5.20. The second-order valence-electron chi connectivity index (χ2n) is 8.74. The molecule has 2 unspecified atom stereocenters. The summed E-state index contributed by atoms with van der Waals surface area (Å²) in [6.45, 7) is 5.07. The van der Waals surface area contributed by atoms with Crippen molar-refractivity contribution in [2.24, 2.45) is 0 Å².